The lowest BCUT2D eigenvalue weighted by atomic mass is 10.4. The highest BCUT2D eigenvalue weighted by Gasteiger charge is 2.26. The van der Waals surface area contributed by atoms with Crippen molar-refractivity contribution in [3.8, 4) is 0 Å². The summed E-state index contributed by atoms with van der Waals surface area (Å²) in [5, 5.41) is 0.0479. The van der Waals surface area contributed by atoms with Gasteiger partial charge in [0.25, 0.3) is 0 Å². The molecule has 70 valence electrons. The van der Waals surface area contributed by atoms with E-state index in [-0.39, 0.29) is 11.3 Å². The number of amides is 1. The third kappa shape index (κ3) is 2.87. The summed E-state index contributed by atoms with van der Waals surface area (Å²) in [4.78, 5) is 13.1. The minimum atomic E-state index is 0.0479. The number of rotatable bonds is 4. The Bertz CT molecular complexity index is 165. The Kier molecular flexibility index (Phi) is 4.22. The first kappa shape index (κ1) is 10.2. The standard InChI is InChI=1S/C8H14ClNOS/c1-12-4-2-3-10-6-7(9)5-8(10)11/h7H,2-6H2,1H3. The number of likely N-dealkylation sites (tertiary alicyclic amines) is 1. The molecule has 0 spiro atoms. The number of nitrogens with zero attached hydrogens (tertiary/aromatic N) is 1. The van der Waals surface area contributed by atoms with Crippen LogP contribution in [0.5, 0.6) is 0 Å². The van der Waals surface area contributed by atoms with Gasteiger partial charge in [0.2, 0.25) is 5.91 Å². The molecule has 0 bridgehead atoms. The first-order chi connectivity index (χ1) is 5.74. The van der Waals surface area contributed by atoms with Crippen LogP contribution in [0.2, 0.25) is 0 Å². The number of carbonyl (C=O) groups is 1. The predicted octanol–water partition coefficient (Wildman–Crippen LogP) is 1.58. The predicted molar refractivity (Wildman–Crippen MR) is 53.8 cm³/mol. The lowest BCUT2D eigenvalue weighted by molar-refractivity contribution is -0.127. The van der Waals surface area contributed by atoms with Gasteiger partial charge in [0.05, 0.1) is 5.38 Å². The van der Waals surface area contributed by atoms with Gasteiger partial charge in [0.15, 0.2) is 0 Å². The van der Waals surface area contributed by atoms with Crippen LogP contribution in [0.3, 0.4) is 0 Å². The zero-order valence-corrected chi connectivity index (χ0v) is 8.83. The molecular weight excluding hydrogens is 194 g/mol. The molecule has 0 aromatic rings. The van der Waals surface area contributed by atoms with E-state index in [1.807, 2.05) is 16.7 Å². The highest BCUT2D eigenvalue weighted by atomic mass is 35.5. The summed E-state index contributed by atoms with van der Waals surface area (Å²) in [5.41, 5.74) is 0. The topological polar surface area (TPSA) is 20.3 Å². The second kappa shape index (κ2) is 4.97. The van der Waals surface area contributed by atoms with E-state index < -0.39 is 0 Å². The van der Waals surface area contributed by atoms with Gasteiger partial charge < -0.3 is 4.90 Å². The van der Waals surface area contributed by atoms with Crippen molar-refractivity contribution in [2.45, 2.75) is 18.2 Å². The zero-order valence-electron chi connectivity index (χ0n) is 7.25. The minimum absolute atomic E-state index is 0.0479. The SMILES string of the molecule is CSCCCN1CC(Cl)CC1=O. The van der Waals surface area contributed by atoms with E-state index in [0.717, 1.165) is 25.3 Å². The van der Waals surface area contributed by atoms with E-state index >= 15 is 0 Å². The van der Waals surface area contributed by atoms with Gasteiger partial charge in [-0.15, -0.1) is 11.6 Å². The molecule has 1 rings (SSSR count). The van der Waals surface area contributed by atoms with Gasteiger partial charge >= 0.3 is 0 Å². The molecule has 4 heteroatoms. The van der Waals surface area contributed by atoms with Gasteiger partial charge in [-0.25, -0.2) is 0 Å². The van der Waals surface area contributed by atoms with Crippen LogP contribution in [-0.4, -0.2) is 41.3 Å². The number of thioether (sulfide) groups is 1. The van der Waals surface area contributed by atoms with Gasteiger partial charge in [-0.05, 0) is 18.4 Å². The van der Waals surface area contributed by atoms with E-state index in [1.54, 1.807) is 0 Å². The Hall–Kier alpha value is 0.110. The molecule has 0 aromatic carbocycles. The second-order valence-corrected chi connectivity index (χ2v) is 4.59. The normalized spacial score (nSPS) is 23.7. The van der Waals surface area contributed by atoms with Crippen LogP contribution in [0.4, 0.5) is 0 Å². The van der Waals surface area contributed by atoms with Gasteiger partial charge in [-0.3, -0.25) is 4.79 Å². The molecule has 0 aromatic heterocycles. The molecule has 2 nitrogen and oxygen atoms in total. The number of hydrogen-bond donors (Lipinski definition) is 0. The van der Waals surface area contributed by atoms with Crippen molar-refractivity contribution >= 4 is 29.3 Å². The van der Waals surface area contributed by atoms with Crippen molar-refractivity contribution < 1.29 is 4.79 Å². The van der Waals surface area contributed by atoms with Crippen LogP contribution >= 0.6 is 23.4 Å². The summed E-state index contributed by atoms with van der Waals surface area (Å²) in [6.07, 6.45) is 3.69. The van der Waals surface area contributed by atoms with Gasteiger partial charge in [-0.1, -0.05) is 0 Å². The monoisotopic (exact) mass is 207 g/mol. The number of halogens is 1. The summed E-state index contributed by atoms with van der Waals surface area (Å²) in [6, 6.07) is 0. The first-order valence-corrected chi connectivity index (χ1v) is 5.98. The lowest BCUT2D eigenvalue weighted by Gasteiger charge is -2.14. The summed E-state index contributed by atoms with van der Waals surface area (Å²) in [7, 11) is 0. The highest BCUT2D eigenvalue weighted by Crippen LogP contribution is 2.16. The third-order valence-corrected chi connectivity index (χ3v) is 2.93. The third-order valence-electron chi connectivity index (χ3n) is 1.94. The maximum atomic E-state index is 11.2. The average Bonchev–Trinajstić information content (AvgIpc) is 2.31. The molecule has 1 aliphatic rings. The van der Waals surface area contributed by atoms with E-state index in [2.05, 4.69) is 6.26 Å². The van der Waals surface area contributed by atoms with Crippen LogP contribution in [0.1, 0.15) is 12.8 Å². The van der Waals surface area contributed by atoms with Crippen molar-refractivity contribution in [2.24, 2.45) is 0 Å². The number of hydrogen-bond acceptors (Lipinski definition) is 2. The lowest BCUT2D eigenvalue weighted by Crippen LogP contribution is -2.26. The van der Waals surface area contributed by atoms with Gasteiger partial charge in [0, 0.05) is 19.5 Å². The fraction of sp³-hybridized carbons (Fsp3) is 0.875. The van der Waals surface area contributed by atoms with Gasteiger partial charge in [-0.2, -0.15) is 11.8 Å². The van der Waals surface area contributed by atoms with Crippen LogP contribution in [-0.2, 0) is 4.79 Å². The molecule has 1 atom stereocenters. The molecule has 0 radical (unpaired) electrons. The smallest absolute Gasteiger partial charge is 0.224 e. The van der Waals surface area contributed by atoms with E-state index in [4.69, 9.17) is 11.6 Å². The molecular formula is C8H14ClNOS. The molecule has 1 heterocycles. The second-order valence-electron chi connectivity index (χ2n) is 2.99. The molecule has 1 aliphatic heterocycles. The quantitative estimate of drug-likeness (QED) is 0.516. The van der Waals surface area contributed by atoms with Crippen molar-refractivity contribution in [1.82, 2.24) is 4.90 Å². The first-order valence-electron chi connectivity index (χ1n) is 4.15. The maximum absolute atomic E-state index is 11.2. The maximum Gasteiger partial charge on any atom is 0.224 e. The zero-order chi connectivity index (χ0) is 8.97. The largest absolute Gasteiger partial charge is 0.341 e. The Morgan fingerprint density at radius 2 is 2.50 bits per heavy atom. The summed E-state index contributed by atoms with van der Waals surface area (Å²) < 4.78 is 0. The molecule has 1 unspecified atom stereocenters. The summed E-state index contributed by atoms with van der Waals surface area (Å²) >= 11 is 7.66. The molecule has 0 saturated carbocycles. The van der Waals surface area contributed by atoms with Crippen LogP contribution in [0, 0.1) is 0 Å². The number of alkyl halides is 1. The Morgan fingerprint density at radius 3 is 3.00 bits per heavy atom. The molecule has 12 heavy (non-hydrogen) atoms. The summed E-state index contributed by atoms with van der Waals surface area (Å²) in [5.74, 6) is 1.34. The van der Waals surface area contributed by atoms with Crippen molar-refractivity contribution in [2.75, 3.05) is 25.1 Å². The van der Waals surface area contributed by atoms with Crippen molar-refractivity contribution in [1.29, 1.82) is 0 Å². The van der Waals surface area contributed by atoms with Crippen LogP contribution in [0.15, 0.2) is 0 Å². The van der Waals surface area contributed by atoms with E-state index in [1.165, 1.54) is 0 Å². The molecule has 1 amide bonds. The van der Waals surface area contributed by atoms with Crippen LogP contribution in [0.25, 0.3) is 0 Å². The van der Waals surface area contributed by atoms with E-state index in [9.17, 15) is 4.79 Å². The fourth-order valence-corrected chi connectivity index (χ4v) is 2.06. The number of carbonyl (C=O) groups excluding carboxylic acids is 1. The Morgan fingerprint density at radius 1 is 1.75 bits per heavy atom. The fourth-order valence-electron chi connectivity index (χ4n) is 1.34. The Labute approximate surface area is 82.6 Å². The highest BCUT2D eigenvalue weighted by molar-refractivity contribution is 7.98. The summed E-state index contributed by atoms with van der Waals surface area (Å²) in [6.45, 7) is 1.62. The Balaban J connectivity index is 2.19. The average molecular weight is 208 g/mol. The van der Waals surface area contributed by atoms with E-state index in [0.29, 0.717) is 6.42 Å². The van der Waals surface area contributed by atoms with Crippen molar-refractivity contribution in [3.05, 3.63) is 0 Å². The molecule has 1 saturated heterocycles. The van der Waals surface area contributed by atoms with Crippen molar-refractivity contribution in [3.63, 3.8) is 0 Å². The van der Waals surface area contributed by atoms with Crippen LogP contribution < -0.4 is 0 Å². The molecule has 0 aliphatic carbocycles. The molecule has 0 N–H and O–H groups in total. The molecule has 1 fully saturated rings. The van der Waals surface area contributed by atoms with Gasteiger partial charge in [0.1, 0.15) is 0 Å². The minimum Gasteiger partial charge on any atom is -0.341 e.